The van der Waals surface area contributed by atoms with E-state index in [2.05, 4.69) is 25.7 Å². The van der Waals surface area contributed by atoms with Crippen molar-refractivity contribution in [2.24, 2.45) is 0 Å². The molecule has 0 spiro atoms. The molecule has 1 rings (SSSR count). The summed E-state index contributed by atoms with van der Waals surface area (Å²) in [5.41, 5.74) is 0.372. The molecule has 0 radical (unpaired) electrons. The number of halogens is 4. The van der Waals surface area contributed by atoms with Gasteiger partial charge in [0.05, 0.1) is 11.3 Å². The third-order valence-corrected chi connectivity index (χ3v) is 2.05. The quantitative estimate of drug-likeness (QED) is 0.743. The molecule has 3 nitrogen and oxygen atoms in total. The van der Waals surface area contributed by atoms with Gasteiger partial charge in [0, 0.05) is 6.07 Å². The SMILES string of the molecule is Cc1nc(Br)c(OC(F)(F)F)cc1C#N. The molecule has 0 aliphatic heterocycles. The molecule has 1 heterocycles. The molecular formula is C8H4BrF3N2O. The van der Waals surface area contributed by atoms with E-state index in [0.29, 0.717) is 5.69 Å². The number of aromatic nitrogens is 1. The monoisotopic (exact) mass is 280 g/mol. The van der Waals surface area contributed by atoms with Gasteiger partial charge in [-0.3, -0.25) is 0 Å². The molecule has 15 heavy (non-hydrogen) atoms. The van der Waals surface area contributed by atoms with Gasteiger partial charge in [0.15, 0.2) is 5.75 Å². The van der Waals surface area contributed by atoms with Crippen molar-refractivity contribution >= 4 is 15.9 Å². The van der Waals surface area contributed by atoms with Gasteiger partial charge in [0.1, 0.15) is 10.7 Å². The van der Waals surface area contributed by atoms with Gasteiger partial charge >= 0.3 is 6.36 Å². The molecule has 80 valence electrons. The van der Waals surface area contributed by atoms with Gasteiger partial charge in [-0.15, -0.1) is 13.2 Å². The van der Waals surface area contributed by atoms with Crippen LogP contribution in [0.4, 0.5) is 13.2 Å². The molecule has 0 unspecified atom stereocenters. The van der Waals surface area contributed by atoms with Crippen LogP contribution in [0.3, 0.4) is 0 Å². The fourth-order valence-electron chi connectivity index (χ4n) is 0.867. The van der Waals surface area contributed by atoms with E-state index in [9.17, 15) is 13.2 Å². The molecule has 0 aromatic carbocycles. The van der Waals surface area contributed by atoms with Crippen LogP contribution in [0.2, 0.25) is 0 Å². The predicted molar refractivity (Wildman–Crippen MR) is 48.1 cm³/mol. The lowest BCUT2D eigenvalue weighted by Gasteiger charge is -2.10. The summed E-state index contributed by atoms with van der Waals surface area (Å²) in [6.45, 7) is 1.51. The van der Waals surface area contributed by atoms with E-state index >= 15 is 0 Å². The number of hydrogen-bond donors (Lipinski definition) is 0. The first-order valence-electron chi connectivity index (χ1n) is 3.66. The van der Waals surface area contributed by atoms with E-state index in [-0.39, 0.29) is 10.2 Å². The molecule has 1 aromatic heterocycles. The highest BCUT2D eigenvalue weighted by molar-refractivity contribution is 9.10. The molecule has 0 atom stereocenters. The summed E-state index contributed by atoms with van der Waals surface area (Å²) in [5, 5.41) is 8.59. The van der Waals surface area contributed by atoms with Crippen LogP contribution in [0.1, 0.15) is 11.3 Å². The number of pyridine rings is 1. The van der Waals surface area contributed by atoms with Gasteiger partial charge in [0.2, 0.25) is 0 Å². The Morgan fingerprint density at radius 2 is 2.13 bits per heavy atom. The van der Waals surface area contributed by atoms with Crippen molar-refractivity contribution in [3.05, 3.63) is 21.9 Å². The first-order chi connectivity index (χ1) is 6.83. The maximum absolute atomic E-state index is 11.9. The molecule has 0 aliphatic rings. The highest BCUT2D eigenvalue weighted by atomic mass is 79.9. The largest absolute Gasteiger partial charge is 0.573 e. The van der Waals surface area contributed by atoms with Gasteiger partial charge in [-0.2, -0.15) is 5.26 Å². The van der Waals surface area contributed by atoms with E-state index in [4.69, 9.17) is 5.26 Å². The zero-order chi connectivity index (χ0) is 11.6. The van der Waals surface area contributed by atoms with Crippen molar-refractivity contribution in [2.75, 3.05) is 0 Å². The van der Waals surface area contributed by atoms with E-state index in [1.165, 1.54) is 6.92 Å². The fourth-order valence-corrected chi connectivity index (χ4v) is 1.33. The Kier molecular flexibility index (Phi) is 3.19. The number of ether oxygens (including phenoxy) is 1. The summed E-state index contributed by atoms with van der Waals surface area (Å²) in [4.78, 5) is 3.70. The second-order valence-electron chi connectivity index (χ2n) is 2.57. The molecule has 0 amide bonds. The number of alkyl halides is 3. The van der Waals surface area contributed by atoms with Gasteiger partial charge in [-0.1, -0.05) is 0 Å². The van der Waals surface area contributed by atoms with Crippen molar-refractivity contribution < 1.29 is 17.9 Å². The highest BCUT2D eigenvalue weighted by Gasteiger charge is 2.32. The van der Waals surface area contributed by atoms with Crippen LogP contribution in [0.5, 0.6) is 5.75 Å². The first kappa shape index (κ1) is 11.8. The molecular weight excluding hydrogens is 277 g/mol. The Labute approximate surface area is 91.6 Å². The Morgan fingerprint density at radius 3 is 2.60 bits per heavy atom. The molecule has 0 N–H and O–H groups in total. The van der Waals surface area contributed by atoms with Crippen LogP contribution in [0.15, 0.2) is 10.7 Å². The summed E-state index contributed by atoms with van der Waals surface area (Å²) < 4.78 is 39.3. The molecule has 0 saturated heterocycles. The fraction of sp³-hybridized carbons (Fsp3) is 0.250. The number of hydrogen-bond acceptors (Lipinski definition) is 3. The van der Waals surface area contributed by atoms with Crippen LogP contribution in [-0.4, -0.2) is 11.3 Å². The van der Waals surface area contributed by atoms with Crippen molar-refractivity contribution in [1.29, 1.82) is 5.26 Å². The summed E-state index contributed by atoms with van der Waals surface area (Å²) in [6.07, 6.45) is -4.80. The lowest BCUT2D eigenvalue weighted by Crippen LogP contribution is -2.18. The van der Waals surface area contributed by atoms with E-state index in [1.807, 2.05) is 0 Å². The Bertz CT molecular complexity index is 425. The second-order valence-corrected chi connectivity index (χ2v) is 3.32. The number of aryl methyl sites for hydroxylation is 1. The second kappa shape index (κ2) is 4.06. The first-order valence-corrected chi connectivity index (χ1v) is 4.46. The molecule has 1 aromatic rings. The van der Waals surface area contributed by atoms with Crippen molar-refractivity contribution in [3.8, 4) is 11.8 Å². The minimum absolute atomic E-state index is 0.0393. The minimum atomic E-state index is -4.80. The van der Waals surface area contributed by atoms with Gasteiger partial charge in [-0.25, -0.2) is 4.98 Å². The number of nitrogens with zero attached hydrogens (tertiary/aromatic N) is 2. The summed E-state index contributed by atoms with van der Waals surface area (Å²) >= 11 is 2.82. The predicted octanol–water partition coefficient (Wildman–Crippen LogP) is 2.92. The number of rotatable bonds is 1. The maximum atomic E-state index is 11.9. The molecule has 0 saturated carbocycles. The van der Waals surface area contributed by atoms with Crippen LogP contribution >= 0.6 is 15.9 Å². The normalized spacial score (nSPS) is 10.9. The standard InChI is InChI=1S/C8H4BrF3N2O/c1-4-5(3-13)2-6(7(9)14-4)15-8(10,11)12/h2H,1H3. The summed E-state index contributed by atoms with van der Waals surface area (Å²) in [7, 11) is 0. The molecule has 0 aliphatic carbocycles. The zero-order valence-corrected chi connectivity index (χ0v) is 8.98. The number of nitriles is 1. The van der Waals surface area contributed by atoms with Gasteiger partial charge in [0.25, 0.3) is 0 Å². The summed E-state index contributed by atoms with van der Waals surface area (Å²) in [5.74, 6) is -0.523. The average molecular weight is 281 g/mol. The van der Waals surface area contributed by atoms with Crippen molar-refractivity contribution in [3.63, 3.8) is 0 Å². The third kappa shape index (κ3) is 3.09. The van der Waals surface area contributed by atoms with E-state index < -0.39 is 12.1 Å². The van der Waals surface area contributed by atoms with Crippen molar-refractivity contribution in [2.45, 2.75) is 13.3 Å². The van der Waals surface area contributed by atoms with Crippen LogP contribution in [-0.2, 0) is 0 Å². The van der Waals surface area contributed by atoms with E-state index in [1.54, 1.807) is 6.07 Å². The molecule has 7 heteroatoms. The Hall–Kier alpha value is -1.29. The summed E-state index contributed by atoms with van der Waals surface area (Å²) in [6, 6.07) is 2.70. The minimum Gasteiger partial charge on any atom is -0.403 e. The van der Waals surface area contributed by atoms with Gasteiger partial charge in [-0.05, 0) is 22.9 Å². The van der Waals surface area contributed by atoms with E-state index in [0.717, 1.165) is 6.07 Å². The molecule has 0 fully saturated rings. The van der Waals surface area contributed by atoms with Gasteiger partial charge < -0.3 is 4.74 Å². The lowest BCUT2D eigenvalue weighted by atomic mass is 10.2. The zero-order valence-electron chi connectivity index (χ0n) is 7.39. The Morgan fingerprint density at radius 1 is 1.53 bits per heavy atom. The topological polar surface area (TPSA) is 45.9 Å². The van der Waals surface area contributed by atoms with Crippen molar-refractivity contribution in [1.82, 2.24) is 4.98 Å². The highest BCUT2D eigenvalue weighted by Crippen LogP contribution is 2.30. The average Bonchev–Trinajstić information content (AvgIpc) is 2.07. The van der Waals surface area contributed by atoms with Crippen LogP contribution in [0, 0.1) is 18.3 Å². The maximum Gasteiger partial charge on any atom is 0.573 e. The third-order valence-electron chi connectivity index (χ3n) is 1.48. The lowest BCUT2D eigenvalue weighted by molar-refractivity contribution is -0.275. The molecule has 0 bridgehead atoms. The van der Waals surface area contributed by atoms with Crippen LogP contribution in [0.25, 0.3) is 0 Å². The smallest absolute Gasteiger partial charge is 0.403 e. The Balaban J connectivity index is 3.15. The van der Waals surface area contributed by atoms with Crippen LogP contribution < -0.4 is 4.74 Å².